The lowest BCUT2D eigenvalue weighted by atomic mass is 10.0. The van der Waals surface area contributed by atoms with E-state index in [1.807, 2.05) is 23.6 Å². The molecular formula is C26H44Cl2N8O2. The molecule has 0 bridgehead atoms. The lowest BCUT2D eigenvalue weighted by Gasteiger charge is -2.22. The van der Waals surface area contributed by atoms with Crippen molar-refractivity contribution in [3.05, 3.63) is 27.9 Å². The zero-order chi connectivity index (χ0) is 28.5. The Labute approximate surface area is 237 Å². The first-order valence-corrected chi connectivity index (χ1v) is 14.0. The molecule has 1 aliphatic carbocycles. The van der Waals surface area contributed by atoms with Gasteiger partial charge in [-0.15, -0.1) is 0 Å². The number of halogens is 2. The Morgan fingerprint density at radius 3 is 2.45 bits per heavy atom. The Bertz CT molecular complexity index is 968. The summed E-state index contributed by atoms with van der Waals surface area (Å²) >= 11 is 12.5. The summed E-state index contributed by atoms with van der Waals surface area (Å²) in [7, 11) is 1.93. The summed E-state index contributed by atoms with van der Waals surface area (Å²) < 4.78 is 1.87. The minimum absolute atomic E-state index is 0.0101. The fourth-order valence-corrected chi connectivity index (χ4v) is 4.31. The maximum Gasteiger partial charge on any atom is 0.241 e. The largest absolute Gasteiger partial charge is 0.370 e. The van der Waals surface area contributed by atoms with Crippen LogP contribution in [0.4, 0.5) is 5.82 Å². The van der Waals surface area contributed by atoms with Crippen molar-refractivity contribution >= 4 is 52.9 Å². The molecular weight excluding hydrogens is 527 g/mol. The number of aryl methyl sites for hydroxylation is 1. The van der Waals surface area contributed by atoms with Crippen LogP contribution in [-0.2, 0) is 16.6 Å². The summed E-state index contributed by atoms with van der Waals surface area (Å²) in [6.45, 7) is 10.1. The van der Waals surface area contributed by atoms with Gasteiger partial charge in [-0.05, 0) is 26.2 Å². The van der Waals surface area contributed by atoms with E-state index in [1.54, 1.807) is 0 Å². The molecule has 0 unspecified atom stereocenters. The molecule has 2 amide bonds. The average Bonchev–Trinajstić information content (AvgIpc) is 3.11. The highest BCUT2D eigenvalue weighted by molar-refractivity contribution is 6.44. The fourth-order valence-electron chi connectivity index (χ4n) is 3.83. The number of nitrogens with two attached hydrogens (primary N) is 2. The van der Waals surface area contributed by atoms with Crippen LogP contribution < -0.4 is 21.7 Å². The van der Waals surface area contributed by atoms with Gasteiger partial charge in [-0.3, -0.25) is 14.3 Å². The van der Waals surface area contributed by atoms with Crippen LogP contribution in [-0.4, -0.2) is 72.2 Å². The minimum atomic E-state index is -0.170. The predicted octanol–water partition coefficient (Wildman–Crippen LogP) is 3.55. The second-order valence-electron chi connectivity index (χ2n) is 8.92. The molecule has 0 radical (unpaired) electrons. The van der Waals surface area contributed by atoms with Gasteiger partial charge in [0.1, 0.15) is 12.4 Å². The number of aliphatic imine (C=N–C) groups is 1. The fraction of sp³-hybridized carbons (Fsp3) is 0.615. The molecule has 1 fully saturated rings. The highest BCUT2D eigenvalue weighted by Crippen LogP contribution is 2.37. The molecule has 0 atom stereocenters. The summed E-state index contributed by atoms with van der Waals surface area (Å²) in [5.41, 5.74) is 11.7. The molecule has 1 aromatic heterocycles. The van der Waals surface area contributed by atoms with Crippen molar-refractivity contribution in [2.75, 3.05) is 44.2 Å². The van der Waals surface area contributed by atoms with E-state index in [2.05, 4.69) is 46.3 Å². The maximum atomic E-state index is 11.0. The predicted molar refractivity (Wildman–Crippen MR) is 158 cm³/mol. The quantitative estimate of drug-likeness (QED) is 0.248. The number of rotatable bonds is 8. The smallest absolute Gasteiger partial charge is 0.241 e. The number of allylic oxidation sites excluding steroid dienone is 4. The highest BCUT2D eigenvalue weighted by Gasteiger charge is 2.21. The van der Waals surface area contributed by atoms with Crippen LogP contribution in [0.25, 0.3) is 5.57 Å². The number of amides is 2. The molecule has 1 aliphatic heterocycles. The molecule has 3 rings (SSSR count). The molecule has 0 saturated carbocycles. The van der Waals surface area contributed by atoms with Gasteiger partial charge >= 0.3 is 0 Å². The average molecular weight is 572 g/mol. The van der Waals surface area contributed by atoms with Gasteiger partial charge in [0.2, 0.25) is 12.3 Å². The Balaban J connectivity index is 0.000000401. The van der Waals surface area contributed by atoms with Crippen LogP contribution in [0.5, 0.6) is 0 Å². The Morgan fingerprint density at radius 1 is 1.16 bits per heavy atom. The highest BCUT2D eigenvalue weighted by atomic mass is 35.5. The van der Waals surface area contributed by atoms with Crippen molar-refractivity contribution in [3.63, 3.8) is 0 Å². The van der Waals surface area contributed by atoms with E-state index < -0.39 is 0 Å². The van der Waals surface area contributed by atoms with Crippen molar-refractivity contribution in [1.82, 2.24) is 20.0 Å². The number of unbranched alkanes of at least 4 members (excludes halogenated alkanes) is 2. The number of hydrogen-bond donors (Lipinski definition) is 3. The van der Waals surface area contributed by atoms with Crippen molar-refractivity contribution in [1.29, 1.82) is 0 Å². The van der Waals surface area contributed by atoms with Gasteiger partial charge in [-0.1, -0.05) is 62.4 Å². The van der Waals surface area contributed by atoms with Crippen molar-refractivity contribution in [3.8, 4) is 0 Å². The van der Waals surface area contributed by atoms with Gasteiger partial charge in [0.15, 0.2) is 5.96 Å². The van der Waals surface area contributed by atoms with Gasteiger partial charge in [-0.2, -0.15) is 5.10 Å². The molecule has 2 aliphatic rings. The molecule has 12 heteroatoms. The van der Waals surface area contributed by atoms with Crippen LogP contribution in [0.15, 0.2) is 27.2 Å². The Kier molecular flexibility index (Phi) is 16.2. The van der Waals surface area contributed by atoms with Crippen LogP contribution in [0, 0.1) is 0 Å². The molecule has 10 nitrogen and oxygen atoms in total. The van der Waals surface area contributed by atoms with Crippen LogP contribution >= 0.6 is 23.2 Å². The molecule has 38 heavy (non-hydrogen) atoms. The number of nitrogens with one attached hydrogen (secondary N) is 1. The van der Waals surface area contributed by atoms with Gasteiger partial charge in [0.25, 0.3) is 0 Å². The van der Waals surface area contributed by atoms with E-state index >= 15 is 0 Å². The normalized spacial score (nSPS) is 15.3. The molecule has 2 heterocycles. The van der Waals surface area contributed by atoms with Gasteiger partial charge in [0, 0.05) is 56.4 Å². The number of guanidine groups is 1. The second kappa shape index (κ2) is 18.5. The summed E-state index contributed by atoms with van der Waals surface area (Å²) in [5.74, 6) is 0.807. The topological polar surface area (TPSA) is 135 Å². The van der Waals surface area contributed by atoms with E-state index in [-0.39, 0.29) is 18.4 Å². The summed E-state index contributed by atoms with van der Waals surface area (Å²) in [6, 6.07) is 2.06. The molecule has 214 valence electrons. The molecule has 5 N–H and O–H groups in total. The minimum Gasteiger partial charge on any atom is -0.370 e. The molecule has 0 aromatic carbocycles. The second-order valence-corrected chi connectivity index (χ2v) is 9.75. The third-order valence-corrected chi connectivity index (χ3v) is 6.71. The van der Waals surface area contributed by atoms with Crippen LogP contribution in [0.1, 0.15) is 65.0 Å². The van der Waals surface area contributed by atoms with E-state index in [0.29, 0.717) is 16.6 Å². The third kappa shape index (κ3) is 11.8. The SMILES string of the molecule is CCCCC.CCNC(=O)CN=C(N)N.Cn1nc(C2=CCCC(Cl)=C2Cl)cc1N1CCCN(C=O)CC1. The maximum absolute atomic E-state index is 11.0. The number of carbonyl (C=O) groups is 2. The van der Waals surface area contributed by atoms with Crippen molar-refractivity contribution in [2.45, 2.75) is 59.3 Å². The summed E-state index contributed by atoms with van der Waals surface area (Å²) in [4.78, 5) is 29.2. The third-order valence-electron chi connectivity index (χ3n) is 5.81. The first-order chi connectivity index (χ1) is 18.2. The van der Waals surface area contributed by atoms with Gasteiger partial charge in [0.05, 0.1) is 10.7 Å². The number of likely N-dealkylation sites (N-methyl/N-ethyl adjacent to an activating group) is 1. The number of aromatic nitrogens is 2. The summed E-state index contributed by atoms with van der Waals surface area (Å²) in [5, 5.41) is 8.46. The number of nitrogens with zero attached hydrogens (tertiary/aromatic N) is 5. The lowest BCUT2D eigenvalue weighted by molar-refractivity contribution is -0.119. The number of hydrogen-bond acceptors (Lipinski definition) is 5. The van der Waals surface area contributed by atoms with E-state index in [4.69, 9.17) is 34.7 Å². The van der Waals surface area contributed by atoms with E-state index in [9.17, 15) is 9.59 Å². The van der Waals surface area contributed by atoms with Crippen LogP contribution in [0.2, 0.25) is 0 Å². The molecule has 1 saturated heterocycles. The van der Waals surface area contributed by atoms with E-state index in [1.165, 1.54) is 19.3 Å². The van der Waals surface area contributed by atoms with E-state index in [0.717, 1.165) is 68.9 Å². The monoisotopic (exact) mass is 570 g/mol. The van der Waals surface area contributed by atoms with Crippen LogP contribution in [0.3, 0.4) is 0 Å². The summed E-state index contributed by atoms with van der Waals surface area (Å²) in [6.07, 6.45) is 9.72. The number of carbonyl (C=O) groups excluding carboxylic acids is 2. The Hall–Kier alpha value is -2.72. The zero-order valence-corrected chi connectivity index (χ0v) is 24.7. The van der Waals surface area contributed by atoms with Crippen molar-refractivity contribution in [2.24, 2.45) is 23.5 Å². The molecule has 1 aromatic rings. The number of anilines is 1. The lowest BCUT2D eigenvalue weighted by Crippen LogP contribution is -2.31. The first kappa shape index (κ1) is 33.3. The standard InChI is InChI=1S/C16H20Cl2N4O.C5H12N4O.C5H12/c1-20-15(22-7-3-6-21(11-23)8-9-22)10-14(19-20)12-4-2-5-13(17)16(12)18;1-2-8-4(10)3-9-5(6)7;1-3-5-4-2/h4,10-11H,2-3,5-9H2,1H3;2-3H2,1H3,(H,8,10)(H4,6,7,9);3-5H2,1-2H3. The molecule has 0 spiro atoms. The van der Waals surface area contributed by atoms with Gasteiger partial charge < -0.3 is 26.6 Å². The van der Waals surface area contributed by atoms with Gasteiger partial charge in [-0.25, -0.2) is 4.99 Å². The first-order valence-electron chi connectivity index (χ1n) is 13.2. The van der Waals surface area contributed by atoms with Crippen molar-refractivity contribution < 1.29 is 9.59 Å². The Morgan fingerprint density at radius 2 is 1.87 bits per heavy atom. The zero-order valence-electron chi connectivity index (χ0n) is 23.2.